The van der Waals surface area contributed by atoms with E-state index >= 15 is 0 Å². The second-order valence-electron chi connectivity index (χ2n) is 6.02. The molecule has 2 aromatic carbocycles. The molecular formula is C20H16F2N2O4S. The Morgan fingerprint density at radius 3 is 2.41 bits per heavy atom. The number of thioether (sulfide) groups is 1. The summed E-state index contributed by atoms with van der Waals surface area (Å²) >= 11 is 0.801. The minimum Gasteiger partial charge on any atom is -0.497 e. The number of nitrogens with one attached hydrogen (secondary N) is 1. The van der Waals surface area contributed by atoms with Gasteiger partial charge < -0.3 is 10.1 Å². The number of nitrogens with zero attached hydrogens (tertiary/aromatic N) is 1. The van der Waals surface area contributed by atoms with E-state index in [9.17, 15) is 23.2 Å². The van der Waals surface area contributed by atoms with Crippen molar-refractivity contribution in [2.45, 2.75) is 0 Å². The molecule has 1 N–H and O–H groups in total. The van der Waals surface area contributed by atoms with Crippen LogP contribution in [0.1, 0.15) is 15.9 Å². The standard InChI is InChI=1S/C20H16F2N2O4S/c1-28-16-4-2-12(3-5-16)8-17-19(26)24(20(27)29-17)7-6-23-18(25)13-9-14(21)11-15(22)10-13/h2-5,8-11H,6-7H2,1H3,(H,23,25). The molecule has 2 aromatic rings. The number of benzene rings is 2. The Labute approximate surface area is 169 Å². The van der Waals surface area contributed by atoms with E-state index in [1.165, 1.54) is 0 Å². The van der Waals surface area contributed by atoms with Gasteiger partial charge in [0.1, 0.15) is 17.4 Å². The van der Waals surface area contributed by atoms with E-state index in [1.54, 1.807) is 37.5 Å². The highest BCUT2D eigenvalue weighted by molar-refractivity contribution is 8.18. The molecule has 0 radical (unpaired) electrons. The molecule has 0 aliphatic carbocycles. The van der Waals surface area contributed by atoms with Gasteiger partial charge in [-0.25, -0.2) is 8.78 Å². The quantitative estimate of drug-likeness (QED) is 0.728. The second kappa shape index (κ2) is 8.87. The van der Waals surface area contributed by atoms with Crippen molar-refractivity contribution in [2.75, 3.05) is 20.2 Å². The van der Waals surface area contributed by atoms with Gasteiger partial charge in [-0.2, -0.15) is 0 Å². The molecule has 0 saturated carbocycles. The molecule has 0 bridgehead atoms. The molecule has 1 fully saturated rings. The largest absolute Gasteiger partial charge is 0.497 e. The lowest BCUT2D eigenvalue weighted by Gasteiger charge is -2.13. The maximum atomic E-state index is 13.2. The molecule has 150 valence electrons. The highest BCUT2D eigenvalue weighted by atomic mass is 32.2. The van der Waals surface area contributed by atoms with Crippen molar-refractivity contribution in [3.63, 3.8) is 0 Å². The van der Waals surface area contributed by atoms with Crippen molar-refractivity contribution in [2.24, 2.45) is 0 Å². The smallest absolute Gasteiger partial charge is 0.293 e. The summed E-state index contributed by atoms with van der Waals surface area (Å²) in [4.78, 5) is 37.8. The van der Waals surface area contributed by atoms with Crippen LogP contribution in [0.15, 0.2) is 47.4 Å². The number of hydrogen-bond acceptors (Lipinski definition) is 5. The van der Waals surface area contributed by atoms with Gasteiger partial charge in [-0.05, 0) is 47.7 Å². The summed E-state index contributed by atoms with van der Waals surface area (Å²) in [7, 11) is 1.55. The zero-order chi connectivity index (χ0) is 21.0. The number of halogens is 2. The van der Waals surface area contributed by atoms with Gasteiger partial charge in [-0.15, -0.1) is 0 Å². The predicted octanol–water partition coefficient (Wildman–Crippen LogP) is 3.44. The van der Waals surface area contributed by atoms with E-state index in [4.69, 9.17) is 4.74 Å². The van der Waals surface area contributed by atoms with Gasteiger partial charge in [-0.3, -0.25) is 19.3 Å². The van der Waals surface area contributed by atoms with Crippen LogP contribution in [0.3, 0.4) is 0 Å². The zero-order valence-electron chi connectivity index (χ0n) is 15.3. The zero-order valence-corrected chi connectivity index (χ0v) is 16.1. The molecule has 1 saturated heterocycles. The van der Waals surface area contributed by atoms with Crippen molar-refractivity contribution in [3.05, 3.63) is 70.1 Å². The molecule has 1 aliphatic rings. The number of rotatable bonds is 6. The second-order valence-corrected chi connectivity index (χ2v) is 7.01. The SMILES string of the molecule is COc1ccc(C=C2SC(=O)N(CCNC(=O)c3cc(F)cc(F)c3)C2=O)cc1. The normalized spacial score (nSPS) is 15.1. The summed E-state index contributed by atoms with van der Waals surface area (Å²) in [6.45, 7) is -0.112. The monoisotopic (exact) mass is 418 g/mol. The Morgan fingerprint density at radius 1 is 1.14 bits per heavy atom. The molecule has 1 aliphatic heterocycles. The first-order valence-corrected chi connectivity index (χ1v) is 9.33. The van der Waals surface area contributed by atoms with Crippen molar-refractivity contribution in [1.82, 2.24) is 10.2 Å². The number of carbonyl (C=O) groups is 3. The average Bonchev–Trinajstić information content (AvgIpc) is 2.95. The summed E-state index contributed by atoms with van der Waals surface area (Å²) in [6, 6.07) is 9.44. The molecule has 9 heteroatoms. The predicted molar refractivity (Wildman–Crippen MR) is 104 cm³/mol. The molecule has 0 atom stereocenters. The first-order chi connectivity index (χ1) is 13.9. The first-order valence-electron chi connectivity index (χ1n) is 8.51. The van der Waals surface area contributed by atoms with Crippen LogP contribution < -0.4 is 10.1 Å². The number of hydrogen-bond donors (Lipinski definition) is 1. The maximum absolute atomic E-state index is 13.2. The topological polar surface area (TPSA) is 75.7 Å². The van der Waals surface area contributed by atoms with Crippen LogP contribution in [0, 0.1) is 11.6 Å². The highest BCUT2D eigenvalue weighted by Gasteiger charge is 2.34. The third-order valence-corrected chi connectivity index (χ3v) is 4.94. The Balaban J connectivity index is 1.59. The summed E-state index contributed by atoms with van der Waals surface area (Å²) in [5.74, 6) is -2.25. The Bertz CT molecular complexity index is 972. The Morgan fingerprint density at radius 2 is 1.79 bits per heavy atom. The molecule has 0 unspecified atom stereocenters. The number of amides is 3. The molecule has 1 heterocycles. The van der Waals surface area contributed by atoms with Crippen LogP contribution in [-0.2, 0) is 4.79 Å². The molecule has 0 spiro atoms. The van der Waals surface area contributed by atoms with Crippen LogP contribution in [0.5, 0.6) is 5.75 Å². The minimum atomic E-state index is -0.871. The van der Waals surface area contributed by atoms with E-state index in [-0.39, 0.29) is 23.6 Å². The fourth-order valence-electron chi connectivity index (χ4n) is 2.61. The lowest BCUT2D eigenvalue weighted by atomic mass is 10.2. The lowest BCUT2D eigenvalue weighted by Crippen LogP contribution is -2.37. The van der Waals surface area contributed by atoms with Crippen LogP contribution in [0.25, 0.3) is 6.08 Å². The van der Waals surface area contributed by atoms with Gasteiger partial charge >= 0.3 is 0 Å². The molecule has 6 nitrogen and oxygen atoms in total. The number of ether oxygens (including phenoxy) is 1. The summed E-state index contributed by atoms with van der Waals surface area (Å²) in [5.41, 5.74) is 0.550. The molecule has 29 heavy (non-hydrogen) atoms. The van der Waals surface area contributed by atoms with Crippen molar-refractivity contribution >= 4 is 34.9 Å². The fraction of sp³-hybridized carbons (Fsp3) is 0.150. The van der Waals surface area contributed by atoms with E-state index < -0.39 is 28.7 Å². The summed E-state index contributed by atoms with van der Waals surface area (Å²) < 4.78 is 31.5. The van der Waals surface area contributed by atoms with Crippen molar-refractivity contribution in [3.8, 4) is 5.75 Å². The third-order valence-electron chi connectivity index (χ3n) is 4.03. The van der Waals surface area contributed by atoms with Gasteiger partial charge in [0.15, 0.2) is 0 Å². The van der Waals surface area contributed by atoms with Crippen LogP contribution in [0.2, 0.25) is 0 Å². The minimum absolute atomic E-state index is 0.0508. The van der Waals surface area contributed by atoms with Crippen molar-refractivity contribution < 1.29 is 27.9 Å². The number of methoxy groups -OCH3 is 1. The Kier molecular flexibility index (Phi) is 6.28. The third kappa shape index (κ3) is 5.00. The summed E-state index contributed by atoms with van der Waals surface area (Å²) in [6.07, 6.45) is 1.60. The number of imide groups is 1. The van der Waals surface area contributed by atoms with E-state index in [0.717, 1.165) is 34.4 Å². The van der Waals surface area contributed by atoms with Crippen LogP contribution in [0.4, 0.5) is 13.6 Å². The van der Waals surface area contributed by atoms with Crippen LogP contribution >= 0.6 is 11.8 Å². The number of carbonyl (C=O) groups excluding carboxylic acids is 3. The Hall–Kier alpha value is -3.20. The lowest BCUT2D eigenvalue weighted by molar-refractivity contribution is -0.122. The van der Waals surface area contributed by atoms with E-state index in [0.29, 0.717) is 11.8 Å². The van der Waals surface area contributed by atoms with Gasteiger partial charge in [0.05, 0.1) is 12.0 Å². The van der Waals surface area contributed by atoms with E-state index in [2.05, 4.69) is 5.32 Å². The van der Waals surface area contributed by atoms with Gasteiger partial charge in [0.2, 0.25) is 0 Å². The van der Waals surface area contributed by atoms with Gasteiger partial charge in [0, 0.05) is 24.7 Å². The molecule has 3 amide bonds. The van der Waals surface area contributed by atoms with E-state index in [1.807, 2.05) is 0 Å². The van der Waals surface area contributed by atoms with Crippen molar-refractivity contribution in [1.29, 1.82) is 0 Å². The fourth-order valence-corrected chi connectivity index (χ4v) is 3.48. The molecule has 3 rings (SSSR count). The molecule has 0 aromatic heterocycles. The maximum Gasteiger partial charge on any atom is 0.293 e. The molecular weight excluding hydrogens is 402 g/mol. The van der Waals surface area contributed by atoms with Gasteiger partial charge in [-0.1, -0.05) is 12.1 Å². The van der Waals surface area contributed by atoms with Gasteiger partial charge in [0.25, 0.3) is 17.1 Å². The average molecular weight is 418 g/mol. The summed E-state index contributed by atoms with van der Waals surface area (Å²) in [5, 5.41) is 1.98. The van der Waals surface area contributed by atoms with Crippen LogP contribution in [-0.4, -0.2) is 42.2 Å². The first kappa shape index (κ1) is 20.5. The highest BCUT2D eigenvalue weighted by Crippen LogP contribution is 2.32.